The lowest BCUT2D eigenvalue weighted by molar-refractivity contribution is 0.703. The van der Waals surface area contributed by atoms with E-state index in [2.05, 4.69) is 16.0 Å². The van der Waals surface area contributed by atoms with Gasteiger partial charge >= 0.3 is 5.69 Å². The summed E-state index contributed by atoms with van der Waals surface area (Å²) in [7, 11) is 3.10. The largest absolute Gasteiger partial charge is 0.332 e. The monoisotopic (exact) mass is 356 g/mol. The number of hydrogen-bond donors (Lipinski definition) is 0. The van der Waals surface area contributed by atoms with Crippen LogP contribution in [0.3, 0.4) is 0 Å². The predicted molar refractivity (Wildman–Crippen MR) is 101 cm³/mol. The van der Waals surface area contributed by atoms with Crippen molar-refractivity contribution in [3.8, 4) is 11.4 Å². The van der Waals surface area contributed by atoms with E-state index in [1.807, 2.05) is 32.9 Å². The van der Waals surface area contributed by atoms with Crippen molar-refractivity contribution in [3.05, 3.63) is 50.2 Å². The molecule has 0 amide bonds. The first-order chi connectivity index (χ1) is 11.8. The zero-order valence-corrected chi connectivity index (χ0v) is 15.8. The minimum atomic E-state index is -0.393. The van der Waals surface area contributed by atoms with Gasteiger partial charge in [0.2, 0.25) is 0 Å². The Balaban J connectivity index is 2.44. The van der Waals surface area contributed by atoms with Crippen LogP contribution in [0.25, 0.3) is 22.4 Å². The summed E-state index contributed by atoms with van der Waals surface area (Å²) in [6.07, 6.45) is 0. The Bertz CT molecular complexity index is 1080. The molecule has 0 unspecified atom stereocenters. The molecule has 0 aliphatic rings. The SMILES string of the molecule is CCSc1nc(-c2cc(C)cc(C)c2)nc2c1c(=O)n(C)c(=O)n2C. The molecular weight excluding hydrogens is 336 g/mol. The van der Waals surface area contributed by atoms with E-state index >= 15 is 0 Å². The zero-order chi connectivity index (χ0) is 18.3. The number of nitrogens with zero attached hydrogens (tertiary/aromatic N) is 4. The smallest absolute Gasteiger partial charge is 0.280 e. The molecule has 0 aliphatic carbocycles. The summed E-state index contributed by atoms with van der Waals surface area (Å²) in [5.41, 5.74) is 2.72. The van der Waals surface area contributed by atoms with E-state index in [1.165, 1.54) is 23.4 Å². The van der Waals surface area contributed by atoms with E-state index in [-0.39, 0.29) is 5.56 Å². The summed E-state index contributed by atoms with van der Waals surface area (Å²) in [5, 5.41) is 1.00. The number of hydrogen-bond acceptors (Lipinski definition) is 5. The van der Waals surface area contributed by atoms with Crippen molar-refractivity contribution in [2.24, 2.45) is 14.1 Å². The van der Waals surface area contributed by atoms with Crippen LogP contribution in [0.1, 0.15) is 18.1 Å². The molecule has 0 saturated carbocycles. The highest BCUT2D eigenvalue weighted by atomic mass is 32.2. The minimum Gasteiger partial charge on any atom is -0.280 e. The van der Waals surface area contributed by atoms with Crippen LogP contribution >= 0.6 is 11.8 Å². The van der Waals surface area contributed by atoms with Gasteiger partial charge in [0.25, 0.3) is 5.56 Å². The number of thioether (sulfide) groups is 1. The molecule has 6 nitrogen and oxygen atoms in total. The van der Waals surface area contributed by atoms with Crippen molar-refractivity contribution in [2.45, 2.75) is 25.8 Å². The first kappa shape index (κ1) is 17.4. The van der Waals surface area contributed by atoms with Crippen LogP contribution in [0.15, 0.2) is 32.8 Å². The van der Waals surface area contributed by atoms with E-state index in [9.17, 15) is 9.59 Å². The molecule has 0 fully saturated rings. The average Bonchev–Trinajstić information content (AvgIpc) is 2.57. The number of rotatable bonds is 3. The maximum absolute atomic E-state index is 12.6. The van der Waals surface area contributed by atoms with Gasteiger partial charge in [0.05, 0.1) is 0 Å². The van der Waals surface area contributed by atoms with Crippen molar-refractivity contribution in [2.75, 3.05) is 5.75 Å². The molecule has 25 heavy (non-hydrogen) atoms. The predicted octanol–water partition coefficient (Wildman–Crippen LogP) is 2.42. The Kier molecular flexibility index (Phi) is 4.51. The third-order valence-corrected chi connectivity index (χ3v) is 4.89. The topological polar surface area (TPSA) is 69.8 Å². The first-order valence-electron chi connectivity index (χ1n) is 8.02. The maximum atomic E-state index is 12.6. The molecule has 2 heterocycles. The summed E-state index contributed by atoms with van der Waals surface area (Å²) in [6.45, 7) is 6.04. The second-order valence-corrected chi connectivity index (χ2v) is 7.32. The lowest BCUT2D eigenvalue weighted by atomic mass is 10.1. The quantitative estimate of drug-likeness (QED) is 0.532. The summed E-state index contributed by atoms with van der Waals surface area (Å²) >= 11 is 1.48. The van der Waals surface area contributed by atoms with E-state index in [0.29, 0.717) is 21.9 Å². The van der Waals surface area contributed by atoms with Crippen molar-refractivity contribution < 1.29 is 0 Å². The average molecular weight is 356 g/mol. The number of aromatic nitrogens is 4. The Labute approximate surface area is 149 Å². The van der Waals surface area contributed by atoms with E-state index in [0.717, 1.165) is 27.0 Å². The summed E-state index contributed by atoms with van der Waals surface area (Å²) in [4.78, 5) is 34.1. The van der Waals surface area contributed by atoms with Crippen LogP contribution in [0.4, 0.5) is 0 Å². The Hall–Kier alpha value is -2.41. The lowest BCUT2D eigenvalue weighted by Crippen LogP contribution is -2.37. The van der Waals surface area contributed by atoms with Gasteiger partial charge in [-0.1, -0.05) is 24.1 Å². The molecule has 0 saturated heterocycles. The second-order valence-electron chi connectivity index (χ2n) is 6.07. The van der Waals surface area contributed by atoms with Crippen LogP contribution < -0.4 is 11.2 Å². The van der Waals surface area contributed by atoms with Gasteiger partial charge in [0.1, 0.15) is 10.4 Å². The third-order valence-electron chi connectivity index (χ3n) is 4.03. The highest BCUT2D eigenvalue weighted by Crippen LogP contribution is 2.26. The fourth-order valence-electron chi connectivity index (χ4n) is 2.90. The standard InChI is InChI=1S/C18H20N4O2S/c1-6-25-16-13-15(21(4)18(24)22(5)17(13)23)19-14(20-16)12-8-10(2)7-11(3)9-12/h7-9H,6H2,1-5H3. The molecule has 7 heteroatoms. The van der Waals surface area contributed by atoms with Gasteiger partial charge in [-0.05, 0) is 31.7 Å². The van der Waals surface area contributed by atoms with Crippen molar-refractivity contribution in [3.63, 3.8) is 0 Å². The first-order valence-corrected chi connectivity index (χ1v) is 9.01. The molecule has 1 aromatic carbocycles. The van der Waals surface area contributed by atoms with Gasteiger partial charge in [-0.3, -0.25) is 13.9 Å². The summed E-state index contributed by atoms with van der Waals surface area (Å²) in [5.74, 6) is 1.29. The van der Waals surface area contributed by atoms with Crippen LogP contribution in [0.2, 0.25) is 0 Å². The van der Waals surface area contributed by atoms with E-state index < -0.39 is 5.69 Å². The molecule has 3 aromatic rings. The molecule has 0 bridgehead atoms. The highest BCUT2D eigenvalue weighted by molar-refractivity contribution is 7.99. The maximum Gasteiger partial charge on any atom is 0.332 e. The fraction of sp³-hybridized carbons (Fsp3) is 0.333. The second kappa shape index (κ2) is 6.48. The van der Waals surface area contributed by atoms with Crippen molar-refractivity contribution in [1.29, 1.82) is 0 Å². The van der Waals surface area contributed by atoms with Crippen molar-refractivity contribution in [1.82, 2.24) is 19.1 Å². The molecule has 0 spiro atoms. The van der Waals surface area contributed by atoms with Crippen LogP contribution in [-0.2, 0) is 14.1 Å². The molecule has 0 atom stereocenters. The molecular formula is C18H20N4O2S. The van der Waals surface area contributed by atoms with E-state index in [1.54, 1.807) is 7.05 Å². The van der Waals surface area contributed by atoms with Gasteiger partial charge in [-0.15, -0.1) is 11.8 Å². The molecule has 2 aromatic heterocycles. The van der Waals surface area contributed by atoms with Gasteiger partial charge in [0, 0.05) is 19.7 Å². The van der Waals surface area contributed by atoms with Gasteiger partial charge in [-0.2, -0.15) is 0 Å². The Morgan fingerprint density at radius 3 is 2.24 bits per heavy atom. The number of fused-ring (bicyclic) bond motifs is 1. The number of aryl methyl sites for hydroxylation is 3. The molecule has 130 valence electrons. The summed E-state index contributed by atoms with van der Waals surface area (Å²) < 4.78 is 2.51. The van der Waals surface area contributed by atoms with Gasteiger partial charge in [0.15, 0.2) is 11.5 Å². The molecule has 0 aliphatic heterocycles. The molecule has 0 radical (unpaired) electrons. The third kappa shape index (κ3) is 3.00. The zero-order valence-electron chi connectivity index (χ0n) is 15.0. The van der Waals surface area contributed by atoms with E-state index in [4.69, 9.17) is 0 Å². The Morgan fingerprint density at radius 1 is 1.00 bits per heavy atom. The fourth-order valence-corrected chi connectivity index (χ4v) is 3.65. The number of benzene rings is 1. The van der Waals surface area contributed by atoms with Crippen LogP contribution in [0.5, 0.6) is 0 Å². The van der Waals surface area contributed by atoms with Gasteiger partial charge < -0.3 is 0 Å². The molecule has 3 rings (SSSR count). The minimum absolute atomic E-state index is 0.360. The Morgan fingerprint density at radius 2 is 1.64 bits per heavy atom. The van der Waals surface area contributed by atoms with Crippen LogP contribution in [0, 0.1) is 13.8 Å². The van der Waals surface area contributed by atoms with Crippen molar-refractivity contribution >= 4 is 22.8 Å². The van der Waals surface area contributed by atoms with Gasteiger partial charge in [-0.25, -0.2) is 14.8 Å². The lowest BCUT2D eigenvalue weighted by Gasteiger charge is -2.12. The summed E-state index contributed by atoms with van der Waals surface area (Å²) in [6, 6.07) is 6.10. The van der Waals surface area contributed by atoms with Crippen LogP contribution in [-0.4, -0.2) is 24.9 Å². The molecule has 0 N–H and O–H groups in total. The normalized spacial score (nSPS) is 11.2. The highest BCUT2D eigenvalue weighted by Gasteiger charge is 2.17.